The average Bonchev–Trinajstić information content (AvgIpc) is 2.01. The Balaban J connectivity index is 2.39. The summed E-state index contributed by atoms with van der Waals surface area (Å²) in [4.78, 5) is 0. The molecule has 0 heterocycles. The van der Waals surface area contributed by atoms with Crippen LogP contribution < -0.4 is 0 Å². The molecule has 0 aliphatic rings. The third kappa shape index (κ3) is 4.77. The second kappa shape index (κ2) is 4.94. The van der Waals surface area contributed by atoms with Gasteiger partial charge in [0.15, 0.2) is 0 Å². The lowest BCUT2D eigenvalue weighted by Crippen LogP contribution is -2.18. The summed E-state index contributed by atoms with van der Waals surface area (Å²) in [7, 11) is 0. The van der Waals surface area contributed by atoms with Gasteiger partial charge in [-0.05, 0) is 50.8 Å². The molecule has 78 valence electrons. The molecule has 0 saturated heterocycles. The average molecular weight is 257 g/mol. The molecule has 1 aromatic rings. The number of aliphatic hydroxyl groups is 1. The molecular weight excluding hydrogens is 240 g/mol. The van der Waals surface area contributed by atoms with Gasteiger partial charge < -0.3 is 5.11 Å². The minimum absolute atomic E-state index is 0.536. The van der Waals surface area contributed by atoms with E-state index >= 15 is 0 Å². The molecule has 2 heteroatoms. The minimum Gasteiger partial charge on any atom is -0.390 e. The van der Waals surface area contributed by atoms with Crippen molar-refractivity contribution in [2.75, 3.05) is 0 Å². The van der Waals surface area contributed by atoms with Gasteiger partial charge in [0.2, 0.25) is 0 Å². The molecule has 0 bridgehead atoms. The van der Waals surface area contributed by atoms with Gasteiger partial charge in [0, 0.05) is 4.47 Å². The zero-order chi connectivity index (χ0) is 10.6. The summed E-state index contributed by atoms with van der Waals surface area (Å²) in [6, 6.07) is 8.32. The monoisotopic (exact) mass is 256 g/mol. The fraction of sp³-hybridized carbons (Fsp3) is 0.500. The third-order valence-electron chi connectivity index (χ3n) is 2.14. The van der Waals surface area contributed by atoms with Crippen molar-refractivity contribution in [1.82, 2.24) is 0 Å². The molecule has 0 fully saturated rings. The minimum atomic E-state index is -0.536. The molecule has 0 spiro atoms. The zero-order valence-electron chi connectivity index (χ0n) is 8.76. The Hall–Kier alpha value is -0.340. The lowest BCUT2D eigenvalue weighted by molar-refractivity contribution is 0.0689. The molecule has 0 aliphatic carbocycles. The van der Waals surface area contributed by atoms with Gasteiger partial charge in [0.25, 0.3) is 0 Å². The Morgan fingerprint density at radius 3 is 2.64 bits per heavy atom. The van der Waals surface area contributed by atoms with Gasteiger partial charge in [-0.25, -0.2) is 0 Å². The Morgan fingerprint density at radius 1 is 1.36 bits per heavy atom. The first-order valence-corrected chi connectivity index (χ1v) is 5.73. The Labute approximate surface area is 94.3 Å². The molecule has 14 heavy (non-hydrogen) atoms. The van der Waals surface area contributed by atoms with Crippen LogP contribution in [0, 0.1) is 0 Å². The molecule has 0 aliphatic heterocycles. The maximum atomic E-state index is 9.54. The van der Waals surface area contributed by atoms with Gasteiger partial charge in [-0.15, -0.1) is 0 Å². The smallest absolute Gasteiger partial charge is 0.0591 e. The molecule has 1 N–H and O–H groups in total. The van der Waals surface area contributed by atoms with Gasteiger partial charge in [0.05, 0.1) is 5.60 Å². The predicted octanol–water partition coefficient (Wildman–Crippen LogP) is 3.54. The van der Waals surface area contributed by atoms with E-state index in [1.54, 1.807) is 0 Å². The lowest BCUT2D eigenvalue weighted by atomic mass is 9.99. The van der Waals surface area contributed by atoms with Crippen molar-refractivity contribution in [3.8, 4) is 0 Å². The number of rotatable bonds is 4. The molecule has 0 atom stereocenters. The Morgan fingerprint density at radius 2 is 2.07 bits per heavy atom. The summed E-state index contributed by atoms with van der Waals surface area (Å²) in [5, 5.41) is 9.54. The summed E-state index contributed by atoms with van der Waals surface area (Å²) in [5.41, 5.74) is 0.787. The lowest BCUT2D eigenvalue weighted by Gasteiger charge is -2.16. The van der Waals surface area contributed by atoms with Crippen LogP contribution in [0.2, 0.25) is 0 Å². The number of benzene rings is 1. The highest BCUT2D eigenvalue weighted by molar-refractivity contribution is 9.10. The highest BCUT2D eigenvalue weighted by atomic mass is 79.9. The summed E-state index contributed by atoms with van der Waals surface area (Å²) < 4.78 is 1.12. The van der Waals surface area contributed by atoms with Crippen LogP contribution in [-0.2, 0) is 6.42 Å². The zero-order valence-corrected chi connectivity index (χ0v) is 10.3. The molecule has 1 aromatic carbocycles. The van der Waals surface area contributed by atoms with Gasteiger partial charge in [-0.2, -0.15) is 0 Å². The largest absolute Gasteiger partial charge is 0.390 e. The van der Waals surface area contributed by atoms with Crippen LogP contribution in [0.4, 0.5) is 0 Å². The maximum absolute atomic E-state index is 9.54. The van der Waals surface area contributed by atoms with Crippen LogP contribution in [0.5, 0.6) is 0 Å². The van der Waals surface area contributed by atoms with Crippen molar-refractivity contribution in [3.63, 3.8) is 0 Å². The van der Waals surface area contributed by atoms with E-state index in [1.165, 1.54) is 5.56 Å². The van der Waals surface area contributed by atoms with Crippen molar-refractivity contribution in [2.24, 2.45) is 0 Å². The number of halogens is 1. The van der Waals surface area contributed by atoms with Crippen molar-refractivity contribution in [2.45, 2.75) is 38.7 Å². The normalized spacial score (nSPS) is 11.7. The number of hydrogen-bond donors (Lipinski definition) is 1. The highest BCUT2D eigenvalue weighted by Gasteiger charge is 2.11. The summed E-state index contributed by atoms with van der Waals surface area (Å²) in [6.07, 6.45) is 2.91. The Kier molecular flexibility index (Phi) is 4.14. The van der Waals surface area contributed by atoms with Crippen LogP contribution in [0.1, 0.15) is 32.3 Å². The second-order valence-corrected chi connectivity index (χ2v) is 5.21. The van der Waals surface area contributed by atoms with Crippen LogP contribution in [0.15, 0.2) is 28.7 Å². The SMILES string of the molecule is CC(C)(O)CCCc1cccc(Br)c1. The van der Waals surface area contributed by atoms with E-state index in [0.29, 0.717) is 0 Å². The van der Waals surface area contributed by atoms with Crippen molar-refractivity contribution >= 4 is 15.9 Å². The fourth-order valence-electron chi connectivity index (χ4n) is 1.42. The summed E-state index contributed by atoms with van der Waals surface area (Å²) >= 11 is 3.44. The van der Waals surface area contributed by atoms with Gasteiger partial charge in [0.1, 0.15) is 0 Å². The van der Waals surface area contributed by atoms with Crippen LogP contribution in [0.3, 0.4) is 0 Å². The molecule has 0 aromatic heterocycles. The highest BCUT2D eigenvalue weighted by Crippen LogP contribution is 2.16. The molecule has 1 nitrogen and oxygen atoms in total. The molecular formula is C12H17BrO. The summed E-state index contributed by atoms with van der Waals surface area (Å²) in [5.74, 6) is 0. The van der Waals surface area contributed by atoms with Crippen LogP contribution in [-0.4, -0.2) is 10.7 Å². The molecule has 0 unspecified atom stereocenters. The predicted molar refractivity (Wildman–Crippen MR) is 63.4 cm³/mol. The van der Waals surface area contributed by atoms with E-state index in [2.05, 4.69) is 28.1 Å². The van der Waals surface area contributed by atoms with E-state index in [0.717, 1.165) is 23.7 Å². The fourth-order valence-corrected chi connectivity index (χ4v) is 1.86. The maximum Gasteiger partial charge on any atom is 0.0591 e. The third-order valence-corrected chi connectivity index (χ3v) is 2.64. The molecule has 0 saturated carbocycles. The van der Waals surface area contributed by atoms with Crippen LogP contribution >= 0.6 is 15.9 Å². The van der Waals surface area contributed by atoms with Crippen molar-refractivity contribution in [3.05, 3.63) is 34.3 Å². The van der Waals surface area contributed by atoms with E-state index in [-0.39, 0.29) is 0 Å². The standard InChI is InChI=1S/C12H17BrO/c1-12(2,14)8-4-6-10-5-3-7-11(13)9-10/h3,5,7,9,14H,4,6,8H2,1-2H3. The number of aryl methyl sites for hydroxylation is 1. The van der Waals surface area contributed by atoms with Gasteiger partial charge >= 0.3 is 0 Å². The molecule has 0 radical (unpaired) electrons. The van der Waals surface area contributed by atoms with Crippen molar-refractivity contribution in [1.29, 1.82) is 0 Å². The van der Waals surface area contributed by atoms with Gasteiger partial charge in [-0.3, -0.25) is 0 Å². The van der Waals surface area contributed by atoms with Gasteiger partial charge in [-0.1, -0.05) is 28.1 Å². The van der Waals surface area contributed by atoms with E-state index < -0.39 is 5.60 Å². The van der Waals surface area contributed by atoms with E-state index in [4.69, 9.17) is 0 Å². The quantitative estimate of drug-likeness (QED) is 0.874. The first kappa shape index (κ1) is 11.7. The number of hydrogen-bond acceptors (Lipinski definition) is 1. The summed E-state index contributed by atoms with van der Waals surface area (Å²) in [6.45, 7) is 3.71. The molecule has 1 rings (SSSR count). The van der Waals surface area contributed by atoms with Crippen molar-refractivity contribution < 1.29 is 5.11 Å². The first-order chi connectivity index (χ1) is 6.47. The second-order valence-electron chi connectivity index (χ2n) is 4.30. The molecule has 0 amide bonds. The first-order valence-electron chi connectivity index (χ1n) is 4.94. The van der Waals surface area contributed by atoms with E-state index in [1.807, 2.05) is 26.0 Å². The topological polar surface area (TPSA) is 20.2 Å². The van der Waals surface area contributed by atoms with E-state index in [9.17, 15) is 5.11 Å². The van der Waals surface area contributed by atoms with Crippen LogP contribution in [0.25, 0.3) is 0 Å². The Bertz CT molecular complexity index is 289.